The van der Waals surface area contributed by atoms with Crippen LogP contribution >= 0.6 is 0 Å². The number of fused-ring (bicyclic) bond motifs is 7. The predicted molar refractivity (Wildman–Crippen MR) is 90.6 cm³/mol. The van der Waals surface area contributed by atoms with Crippen LogP contribution in [-0.4, -0.2) is 28.5 Å². The van der Waals surface area contributed by atoms with Crippen LogP contribution in [0.3, 0.4) is 0 Å². The van der Waals surface area contributed by atoms with Crippen molar-refractivity contribution in [3.8, 4) is 23.0 Å². The summed E-state index contributed by atoms with van der Waals surface area (Å²) in [4.78, 5) is 0. The van der Waals surface area contributed by atoms with Crippen LogP contribution < -0.4 is 14.2 Å². The third kappa shape index (κ3) is 2.12. The largest absolute Gasteiger partial charge is 0.508 e. The first-order valence-electron chi connectivity index (χ1n) is 8.59. The molecule has 3 atom stereocenters. The second-order valence-corrected chi connectivity index (χ2v) is 7.60. The fraction of sp³-hybridized carbons (Fsp3) is 0.400. The average molecular weight is 340 g/mol. The molecule has 0 bridgehead atoms. The molecule has 0 unspecified atom stereocenters. The van der Waals surface area contributed by atoms with Gasteiger partial charge in [0.1, 0.15) is 35.2 Å². The molecule has 130 valence electrons. The molecule has 0 spiro atoms. The lowest BCUT2D eigenvalue weighted by atomic mass is 9.88. The third-order valence-electron chi connectivity index (χ3n) is 5.43. The molecule has 0 amide bonds. The van der Waals surface area contributed by atoms with E-state index in [4.69, 9.17) is 14.2 Å². The monoisotopic (exact) mass is 340 g/mol. The van der Waals surface area contributed by atoms with Gasteiger partial charge in [-0.3, -0.25) is 0 Å². The van der Waals surface area contributed by atoms with Crippen LogP contribution in [-0.2, 0) is 6.42 Å². The summed E-state index contributed by atoms with van der Waals surface area (Å²) in [7, 11) is 0. The molecule has 5 nitrogen and oxygen atoms in total. The van der Waals surface area contributed by atoms with Crippen molar-refractivity contribution in [3.63, 3.8) is 0 Å². The van der Waals surface area contributed by atoms with E-state index in [0.29, 0.717) is 18.8 Å². The fourth-order valence-electron chi connectivity index (χ4n) is 4.03. The maximum absolute atomic E-state index is 10.3. The Morgan fingerprint density at radius 1 is 1.04 bits per heavy atom. The van der Waals surface area contributed by atoms with Crippen LogP contribution in [0.2, 0.25) is 0 Å². The van der Waals surface area contributed by atoms with Crippen LogP contribution in [0.25, 0.3) is 0 Å². The zero-order valence-electron chi connectivity index (χ0n) is 14.2. The summed E-state index contributed by atoms with van der Waals surface area (Å²) in [6.45, 7) is 4.05. The number of ether oxygens (including phenoxy) is 3. The Morgan fingerprint density at radius 3 is 2.64 bits per heavy atom. The Hall–Kier alpha value is -2.40. The first kappa shape index (κ1) is 14.9. The smallest absolute Gasteiger partial charge is 0.138 e. The predicted octanol–water partition coefficient (Wildman–Crippen LogP) is 3.08. The van der Waals surface area contributed by atoms with Crippen LogP contribution in [0.15, 0.2) is 30.3 Å². The number of rotatable bonds is 1. The van der Waals surface area contributed by atoms with Gasteiger partial charge in [-0.05, 0) is 32.0 Å². The van der Waals surface area contributed by atoms with E-state index in [2.05, 4.69) is 0 Å². The Morgan fingerprint density at radius 2 is 1.84 bits per heavy atom. The zero-order valence-corrected chi connectivity index (χ0v) is 14.2. The van der Waals surface area contributed by atoms with Crippen molar-refractivity contribution in [3.05, 3.63) is 47.0 Å². The molecule has 2 aromatic rings. The van der Waals surface area contributed by atoms with Crippen molar-refractivity contribution < 1.29 is 24.4 Å². The minimum atomic E-state index is -0.912. The molecule has 5 rings (SSSR count). The normalized spacial score (nSPS) is 25.8. The van der Waals surface area contributed by atoms with E-state index in [0.717, 1.165) is 28.2 Å². The highest BCUT2D eigenvalue weighted by Crippen LogP contribution is 2.55. The highest BCUT2D eigenvalue weighted by Gasteiger charge is 2.45. The van der Waals surface area contributed by atoms with Crippen molar-refractivity contribution >= 4 is 0 Å². The second-order valence-electron chi connectivity index (χ2n) is 7.60. The van der Waals surface area contributed by atoms with Gasteiger partial charge in [0.2, 0.25) is 0 Å². The van der Waals surface area contributed by atoms with Crippen molar-refractivity contribution in [2.75, 3.05) is 6.61 Å². The summed E-state index contributed by atoms with van der Waals surface area (Å²) < 4.78 is 18.2. The first-order chi connectivity index (χ1) is 11.9. The van der Waals surface area contributed by atoms with E-state index in [1.165, 1.54) is 0 Å². The lowest BCUT2D eigenvalue weighted by Crippen LogP contribution is -2.39. The number of aromatic hydroxyl groups is 1. The molecule has 3 aliphatic heterocycles. The topological polar surface area (TPSA) is 68.2 Å². The molecule has 0 aliphatic carbocycles. The molecule has 2 N–H and O–H groups in total. The number of hydrogen-bond acceptors (Lipinski definition) is 5. The third-order valence-corrected chi connectivity index (χ3v) is 5.43. The van der Waals surface area contributed by atoms with Crippen molar-refractivity contribution in [1.29, 1.82) is 0 Å². The highest BCUT2D eigenvalue weighted by molar-refractivity contribution is 5.58. The minimum absolute atomic E-state index is 0.118. The number of phenols is 1. The molecule has 0 saturated carbocycles. The van der Waals surface area contributed by atoms with Gasteiger partial charge in [0.25, 0.3) is 0 Å². The van der Waals surface area contributed by atoms with Gasteiger partial charge in [0, 0.05) is 29.2 Å². The molecule has 3 heterocycles. The van der Waals surface area contributed by atoms with Gasteiger partial charge in [-0.2, -0.15) is 0 Å². The van der Waals surface area contributed by atoms with Crippen LogP contribution in [0.5, 0.6) is 23.0 Å². The second kappa shape index (κ2) is 4.82. The van der Waals surface area contributed by atoms with Gasteiger partial charge in [-0.1, -0.05) is 6.07 Å². The van der Waals surface area contributed by atoms with Crippen molar-refractivity contribution in [2.24, 2.45) is 0 Å². The molecule has 2 aromatic carbocycles. The molecular weight excluding hydrogens is 320 g/mol. The lowest BCUT2D eigenvalue weighted by Gasteiger charge is -2.27. The molecule has 3 aliphatic rings. The average Bonchev–Trinajstić information content (AvgIpc) is 3.15. The SMILES string of the molecule is CC(C)(O)[C@H]1Cc2c(ccc3c2O[C@H]2c4ccc(O)cc4OC[C@@H]32)O1. The van der Waals surface area contributed by atoms with Crippen LogP contribution in [0, 0.1) is 0 Å². The first-order valence-corrected chi connectivity index (χ1v) is 8.59. The van der Waals surface area contributed by atoms with Gasteiger partial charge >= 0.3 is 0 Å². The quantitative estimate of drug-likeness (QED) is 0.835. The van der Waals surface area contributed by atoms with Crippen molar-refractivity contribution in [2.45, 2.75) is 44.0 Å². The number of benzene rings is 2. The highest BCUT2D eigenvalue weighted by atomic mass is 16.5. The maximum Gasteiger partial charge on any atom is 0.138 e. The van der Waals surface area contributed by atoms with Gasteiger partial charge in [0.05, 0.1) is 18.1 Å². The van der Waals surface area contributed by atoms with E-state index in [1.54, 1.807) is 26.0 Å². The van der Waals surface area contributed by atoms with Crippen molar-refractivity contribution in [1.82, 2.24) is 0 Å². The summed E-state index contributed by atoms with van der Waals surface area (Å²) in [5.41, 5.74) is 2.20. The van der Waals surface area contributed by atoms with Gasteiger partial charge in [-0.25, -0.2) is 0 Å². The summed E-state index contributed by atoms with van der Waals surface area (Å²) in [5, 5.41) is 20.0. The van der Waals surface area contributed by atoms with E-state index < -0.39 is 5.60 Å². The summed E-state index contributed by atoms with van der Waals surface area (Å²) >= 11 is 0. The van der Waals surface area contributed by atoms with E-state index in [-0.39, 0.29) is 23.9 Å². The minimum Gasteiger partial charge on any atom is -0.508 e. The Bertz CT molecular complexity index is 867. The van der Waals surface area contributed by atoms with E-state index in [9.17, 15) is 10.2 Å². The van der Waals surface area contributed by atoms with Gasteiger partial charge < -0.3 is 24.4 Å². The Balaban J connectivity index is 1.55. The van der Waals surface area contributed by atoms with Crippen LogP contribution in [0.1, 0.15) is 42.6 Å². The number of phenolic OH excluding ortho intramolecular Hbond substituents is 1. The standard InChI is InChI=1S/C20H20O5/c1-20(2,22)17-8-13-15(24-17)6-5-11-14-9-23-16-7-10(21)3-4-12(16)19(14)25-18(11)13/h3-7,14,17,19,21-22H,8-9H2,1-2H3/t14-,17+,19-/m0/s1. The van der Waals surface area contributed by atoms with E-state index >= 15 is 0 Å². The Labute approximate surface area is 145 Å². The van der Waals surface area contributed by atoms with Gasteiger partial charge in [0.15, 0.2) is 0 Å². The molecule has 0 aromatic heterocycles. The molecular formula is C20H20O5. The zero-order chi connectivity index (χ0) is 17.3. The summed E-state index contributed by atoms with van der Waals surface area (Å²) in [6, 6.07) is 9.17. The molecule has 5 heteroatoms. The molecule has 25 heavy (non-hydrogen) atoms. The molecule has 0 saturated heterocycles. The van der Waals surface area contributed by atoms with E-state index in [1.807, 2.05) is 18.2 Å². The Kier molecular flexibility index (Phi) is 2.87. The number of hydrogen-bond donors (Lipinski definition) is 2. The molecule has 0 radical (unpaired) electrons. The summed E-state index contributed by atoms with van der Waals surface area (Å²) in [6.07, 6.45) is 0.234. The maximum atomic E-state index is 10.3. The number of aliphatic hydroxyl groups is 1. The molecule has 0 fully saturated rings. The fourth-order valence-corrected chi connectivity index (χ4v) is 4.03. The summed E-state index contributed by atoms with van der Waals surface area (Å²) in [5.74, 6) is 2.64. The lowest BCUT2D eigenvalue weighted by molar-refractivity contribution is -0.0230. The van der Waals surface area contributed by atoms with Gasteiger partial charge in [-0.15, -0.1) is 0 Å². The van der Waals surface area contributed by atoms with Crippen LogP contribution in [0.4, 0.5) is 0 Å².